The van der Waals surface area contributed by atoms with Crippen molar-refractivity contribution in [1.82, 2.24) is 29.2 Å². The Balaban J connectivity index is 1.32. The van der Waals surface area contributed by atoms with E-state index in [0.29, 0.717) is 47.3 Å². The lowest BCUT2D eigenvalue weighted by atomic mass is 10.1. The van der Waals surface area contributed by atoms with E-state index in [1.54, 1.807) is 38.0 Å². The molecule has 1 amide bonds. The third-order valence-corrected chi connectivity index (χ3v) is 8.61. The molecule has 6 heterocycles. The van der Waals surface area contributed by atoms with E-state index in [9.17, 15) is 9.59 Å². The van der Waals surface area contributed by atoms with Crippen molar-refractivity contribution in [2.45, 2.75) is 25.8 Å². The molecule has 0 unspecified atom stereocenters. The highest BCUT2D eigenvalue weighted by Gasteiger charge is 2.28. The molecule has 0 aliphatic carbocycles. The monoisotopic (exact) mass is 582 g/mol. The Morgan fingerprint density at radius 3 is 2.88 bits per heavy atom. The first-order valence-corrected chi connectivity index (χ1v) is 14.8. The molecule has 4 aromatic heterocycles. The molecule has 0 saturated carbocycles. The number of fused-ring (bicyclic) bond motifs is 6. The third-order valence-electron chi connectivity index (χ3n) is 7.60. The van der Waals surface area contributed by atoms with Gasteiger partial charge in [-0.05, 0) is 74.0 Å². The van der Waals surface area contributed by atoms with Gasteiger partial charge in [-0.2, -0.15) is 4.98 Å². The smallest absolute Gasteiger partial charge is 0.278 e. The maximum atomic E-state index is 13.6. The van der Waals surface area contributed by atoms with Crippen molar-refractivity contribution in [3.63, 3.8) is 0 Å². The Kier molecular flexibility index (Phi) is 6.71. The molecule has 0 spiro atoms. The van der Waals surface area contributed by atoms with Crippen molar-refractivity contribution < 1.29 is 9.53 Å². The van der Waals surface area contributed by atoms with Crippen LogP contribution in [0.1, 0.15) is 18.4 Å². The number of hydrogen-bond donors (Lipinski definition) is 1. The van der Waals surface area contributed by atoms with Crippen molar-refractivity contribution in [3.05, 3.63) is 70.1 Å². The predicted molar refractivity (Wildman–Crippen MR) is 165 cm³/mol. The van der Waals surface area contributed by atoms with Gasteiger partial charge in [0.2, 0.25) is 11.8 Å². The number of hydrogen-bond acceptors (Lipinski definition) is 9. The molecule has 0 radical (unpaired) electrons. The van der Waals surface area contributed by atoms with Gasteiger partial charge in [0, 0.05) is 29.7 Å². The lowest BCUT2D eigenvalue weighted by Crippen LogP contribution is -2.40. The molecule has 1 aromatic carbocycles. The summed E-state index contributed by atoms with van der Waals surface area (Å²) >= 11 is 1.75. The highest BCUT2D eigenvalue weighted by molar-refractivity contribution is 7.17. The highest BCUT2D eigenvalue weighted by Crippen LogP contribution is 2.33. The zero-order chi connectivity index (χ0) is 28.8. The molecule has 12 heteroatoms. The molecule has 11 nitrogen and oxygen atoms in total. The van der Waals surface area contributed by atoms with Crippen LogP contribution in [0.4, 0.5) is 17.3 Å². The normalized spacial score (nSPS) is 15.0. The minimum atomic E-state index is -0.203. The summed E-state index contributed by atoms with van der Waals surface area (Å²) in [5.41, 5.74) is 3.62. The summed E-state index contributed by atoms with van der Waals surface area (Å²) in [4.78, 5) is 44.0. The molecule has 2 bridgehead atoms. The van der Waals surface area contributed by atoms with Crippen molar-refractivity contribution in [2.75, 3.05) is 44.0 Å². The summed E-state index contributed by atoms with van der Waals surface area (Å²) < 4.78 is 10.2. The van der Waals surface area contributed by atoms with Crippen LogP contribution in [-0.4, -0.2) is 68.9 Å². The molecule has 7 rings (SSSR count). The Bertz CT molecular complexity index is 1920. The number of benzene rings is 1. The fraction of sp³-hybridized carbons (Fsp3) is 0.300. The van der Waals surface area contributed by atoms with Gasteiger partial charge in [-0.3, -0.25) is 9.59 Å². The van der Waals surface area contributed by atoms with Gasteiger partial charge >= 0.3 is 0 Å². The quantitative estimate of drug-likeness (QED) is 0.308. The largest absolute Gasteiger partial charge is 0.466 e. The number of anilines is 3. The minimum absolute atomic E-state index is 0.0388. The number of ether oxygens (including phenoxy) is 1. The summed E-state index contributed by atoms with van der Waals surface area (Å²) in [7, 11) is 4.16. The molecule has 2 aliphatic heterocycles. The number of nitrogens with zero attached hydrogens (tertiary/aromatic N) is 7. The van der Waals surface area contributed by atoms with Crippen LogP contribution >= 0.6 is 11.3 Å². The summed E-state index contributed by atoms with van der Waals surface area (Å²) in [6.07, 6.45) is 9.76. The molecule has 0 atom stereocenters. The number of rotatable bonds is 5. The number of nitrogens with one attached hydrogen (secondary N) is 1. The summed E-state index contributed by atoms with van der Waals surface area (Å²) in [6, 6.07) is 8.10. The molecule has 42 heavy (non-hydrogen) atoms. The van der Waals surface area contributed by atoms with Gasteiger partial charge in [0.15, 0.2) is 12.3 Å². The van der Waals surface area contributed by atoms with E-state index in [4.69, 9.17) is 9.72 Å². The molecule has 0 saturated heterocycles. The summed E-state index contributed by atoms with van der Waals surface area (Å²) in [6.45, 7) is 1.86. The number of aromatic nitrogens is 5. The van der Waals surface area contributed by atoms with Crippen LogP contribution in [0.2, 0.25) is 0 Å². The van der Waals surface area contributed by atoms with Crippen LogP contribution in [0.5, 0.6) is 5.88 Å². The van der Waals surface area contributed by atoms with E-state index in [0.717, 1.165) is 31.5 Å². The van der Waals surface area contributed by atoms with Crippen LogP contribution in [-0.2, 0) is 17.8 Å². The zero-order valence-electron chi connectivity index (χ0n) is 23.4. The second kappa shape index (κ2) is 10.7. The van der Waals surface area contributed by atoms with Crippen molar-refractivity contribution >= 4 is 55.7 Å². The Morgan fingerprint density at radius 2 is 2.00 bits per heavy atom. The van der Waals surface area contributed by atoms with E-state index in [1.807, 2.05) is 24.3 Å². The molecule has 1 N–H and O–H groups in total. The van der Waals surface area contributed by atoms with Crippen LogP contribution < -0.4 is 20.5 Å². The number of amides is 1. The zero-order valence-corrected chi connectivity index (χ0v) is 24.2. The van der Waals surface area contributed by atoms with Crippen LogP contribution in [0.3, 0.4) is 0 Å². The van der Waals surface area contributed by atoms with E-state index in [1.165, 1.54) is 15.6 Å². The van der Waals surface area contributed by atoms with E-state index >= 15 is 0 Å². The number of carbonyl (C=O) groups is 1. The van der Waals surface area contributed by atoms with Crippen LogP contribution in [0.15, 0.2) is 59.0 Å². The van der Waals surface area contributed by atoms with Gasteiger partial charge in [-0.25, -0.2) is 19.3 Å². The van der Waals surface area contributed by atoms with Gasteiger partial charge in [0.1, 0.15) is 11.1 Å². The first-order chi connectivity index (χ1) is 20.5. The minimum Gasteiger partial charge on any atom is -0.466 e. The number of pyridine rings is 1. The molecule has 2 aliphatic rings. The van der Waals surface area contributed by atoms with Gasteiger partial charge in [0.25, 0.3) is 11.5 Å². The van der Waals surface area contributed by atoms with Gasteiger partial charge in [0.05, 0.1) is 18.4 Å². The SMILES string of the molecule is CN(C)CCc1csc2ccc(Nc3ncc4c(=O)n5n(c4n3)-c3cnc4c(c3)N(CCCC=CC5)C(=O)CO4)cc12. The van der Waals surface area contributed by atoms with Crippen LogP contribution in [0.25, 0.3) is 26.8 Å². The number of thiophene rings is 1. The standard InChI is InChI=1S/C30H30N8O3S/c1-35(2)12-9-19-18-42-25-8-7-20(13-22(19)25)33-30-32-16-23-27(34-30)38-21-14-24-28(31-15-21)41-17-26(39)36(24)10-5-3-4-6-11-37(38)29(23)40/h4,6-8,13-16,18H,3,5,9-12,17H2,1-2H3,(H,32,33,34). The average Bonchev–Trinajstić information content (AvgIpc) is 3.51. The highest BCUT2D eigenvalue weighted by atomic mass is 32.1. The van der Waals surface area contributed by atoms with E-state index < -0.39 is 0 Å². The van der Waals surface area contributed by atoms with Crippen molar-refractivity contribution in [2.24, 2.45) is 0 Å². The second-order valence-corrected chi connectivity index (χ2v) is 11.7. The third kappa shape index (κ3) is 4.72. The van der Waals surface area contributed by atoms with E-state index in [2.05, 4.69) is 51.8 Å². The molecule has 5 aromatic rings. The maximum Gasteiger partial charge on any atom is 0.278 e. The van der Waals surface area contributed by atoms with Crippen LogP contribution in [0, 0.1) is 0 Å². The Labute approximate surface area is 245 Å². The van der Waals surface area contributed by atoms with Crippen molar-refractivity contribution in [3.8, 4) is 11.6 Å². The number of carbonyl (C=O) groups excluding carboxylic acids is 1. The average molecular weight is 583 g/mol. The molecular formula is C30H30N8O3S. The summed E-state index contributed by atoms with van der Waals surface area (Å²) in [5.74, 6) is 0.668. The first kappa shape index (κ1) is 26.4. The number of likely N-dealkylation sites (N-methyl/N-ethyl adjacent to an activating group) is 1. The second-order valence-electron chi connectivity index (χ2n) is 10.7. The Morgan fingerprint density at radius 1 is 1.10 bits per heavy atom. The summed E-state index contributed by atoms with van der Waals surface area (Å²) in [5, 5.41) is 7.18. The molecule has 214 valence electrons. The van der Waals surface area contributed by atoms with E-state index in [-0.39, 0.29) is 18.1 Å². The van der Waals surface area contributed by atoms with Crippen molar-refractivity contribution in [1.29, 1.82) is 0 Å². The molecule has 0 fully saturated rings. The Hall–Kier alpha value is -4.55. The molecular weight excluding hydrogens is 552 g/mol. The van der Waals surface area contributed by atoms with Gasteiger partial charge in [-0.1, -0.05) is 12.2 Å². The van der Waals surface area contributed by atoms with Gasteiger partial charge in [-0.15, -0.1) is 11.3 Å². The van der Waals surface area contributed by atoms with Gasteiger partial charge < -0.3 is 19.9 Å². The fourth-order valence-corrected chi connectivity index (χ4v) is 6.42. The first-order valence-electron chi connectivity index (χ1n) is 14.0. The number of allylic oxidation sites excluding steroid dienone is 2. The topological polar surface area (TPSA) is 110 Å². The fourth-order valence-electron chi connectivity index (χ4n) is 5.44. The maximum absolute atomic E-state index is 13.6. The lowest BCUT2D eigenvalue weighted by Gasteiger charge is -2.29. The predicted octanol–water partition coefficient (Wildman–Crippen LogP) is 4.12. The lowest BCUT2D eigenvalue weighted by molar-refractivity contribution is -0.121.